The van der Waals surface area contributed by atoms with E-state index in [9.17, 15) is 4.79 Å². The Morgan fingerprint density at radius 3 is 2.37 bits per heavy atom. The Bertz CT molecular complexity index is 854. The minimum atomic E-state index is -0.0332. The summed E-state index contributed by atoms with van der Waals surface area (Å²) in [4.78, 5) is 21.1. The van der Waals surface area contributed by atoms with Gasteiger partial charge in [-0.3, -0.25) is 14.3 Å². The summed E-state index contributed by atoms with van der Waals surface area (Å²) in [5.74, 6) is 3.61. The van der Waals surface area contributed by atoms with Gasteiger partial charge in [-0.15, -0.1) is 0 Å². The fraction of sp³-hybridized carbons (Fsp3) is 0.591. The summed E-state index contributed by atoms with van der Waals surface area (Å²) in [6.45, 7) is 0.895. The van der Waals surface area contributed by atoms with Gasteiger partial charge in [-0.25, -0.2) is 4.98 Å². The lowest BCUT2D eigenvalue weighted by Crippen LogP contribution is -2.46. The maximum Gasteiger partial charge on any atom is 0.255 e. The molecule has 0 aromatic carbocycles. The Labute approximate surface area is 160 Å². The van der Waals surface area contributed by atoms with Crippen molar-refractivity contribution in [3.05, 3.63) is 40.9 Å². The Morgan fingerprint density at radius 2 is 1.74 bits per heavy atom. The van der Waals surface area contributed by atoms with E-state index in [1.54, 1.807) is 30.1 Å². The molecule has 2 heterocycles. The first-order valence-electron chi connectivity index (χ1n) is 10.3. The minimum absolute atomic E-state index is 0.0332. The molecule has 5 nitrogen and oxygen atoms in total. The van der Waals surface area contributed by atoms with Crippen molar-refractivity contribution in [2.45, 2.75) is 44.9 Å². The molecule has 5 heteroatoms. The molecule has 6 rings (SSSR count). The third-order valence-electron chi connectivity index (χ3n) is 7.21. The van der Waals surface area contributed by atoms with Crippen molar-refractivity contribution in [2.75, 3.05) is 11.9 Å². The van der Waals surface area contributed by atoms with Crippen molar-refractivity contribution >= 4 is 5.95 Å². The van der Waals surface area contributed by atoms with E-state index in [0.29, 0.717) is 17.1 Å². The van der Waals surface area contributed by atoms with E-state index in [2.05, 4.69) is 10.3 Å². The highest BCUT2D eigenvalue weighted by atomic mass is 16.1. The zero-order chi connectivity index (χ0) is 18.4. The number of anilines is 1. The Kier molecular flexibility index (Phi) is 4.06. The molecule has 4 aliphatic rings. The molecular formula is C22H28N4O. The smallest absolute Gasteiger partial charge is 0.255 e. The number of hydrogen-bond donors (Lipinski definition) is 1. The van der Waals surface area contributed by atoms with Crippen LogP contribution in [-0.2, 0) is 7.05 Å². The molecule has 4 fully saturated rings. The fourth-order valence-electron chi connectivity index (χ4n) is 6.40. The predicted molar refractivity (Wildman–Crippen MR) is 106 cm³/mol. The SMILES string of the molecule is Cn1c(NCCC23CC4CC(CC(C4)C2)C3)nc(-c2ccncc2)cc1=O. The standard InChI is InChI=1S/C22H28N4O/c1-26-20(27)11-19(18-2-5-23-6-3-18)25-21(26)24-7-4-22-12-15-8-16(13-22)10-17(9-15)14-22/h2-3,5-6,11,15-17H,4,7-10,12-14H2,1H3,(H,24,25). The van der Waals surface area contributed by atoms with Crippen LogP contribution in [0.25, 0.3) is 11.3 Å². The van der Waals surface area contributed by atoms with Gasteiger partial charge in [0.2, 0.25) is 5.95 Å². The highest BCUT2D eigenvalue weighted by Gasteiger charge is 2.50. The van der Waals surface area contributed by atoms with Crippen LogP contribution in [0.1, 0.15) is 44.9 Å². The Morgan fingerprint density at radius 1 is 1.11 bits per heavy atom. The minimum Gasteiger partial charge on any atom is -0.356 e. The van der Waals surface area contributed by atoms with E-state index < -0.39 is 0 Å². The first kappa shape index (κ1) is 17.0. The lowest BCUT2D eigenvalue weighted by molar-refractivity contribution is -0.0552. The maximum atomic E-state index is 12.4. The van der Waals surface area contributed by atoms with Crippen molar-refractivity contribution in [1.82, 2.24) is 14.5 Å². The third kappa shape index (κ3) is 3.17. The zero-order valence-corrected chi connectivity index (χ0v) is 16.0. The van der Waals surface area contributed by atoms with Gasteiger partial charge in [0.1, 0.15) is 0 Å². The predicted octanol–water partition coefficient (Wildman–Crippen LogP) is 3.86. The molecule has 142 valence electrons. The van der Waals surface area contributed by atoms with Gasteiger partial charge in [0.05, 0.1) is 5.69 Å². The van der Waals surface area contributed by atoms with Gasteiger partial charge in [0, 0.05) is 37.6 Å². The average Bonchev–Trinajstić information content (AvgIpc) is 2.64. The van der Waals surface area contributed by atoms with Crippen LogP contribution in [0.3, 0.4) is 0 Å². The highest BCUT2D eigenvalue weighted by Crippen LogP contribution is 2.61. The van der Waals surface area contributed by atoms with E-state index in [4.69, 9.17) is 4.98 Å². The van der Waals surface area contributed by atoms with Gasteiger partial charge in [-0.1, -0.05) is 0 Å². The van der Waals surface area contributed by atoms with E-state index in [-0.39, 0.29) is 5.56 Å². The summed E-state index contributed by atoms with van der Waals surface area (Å²) in [7, 11) is 1.79. The zero-order valence-electron chi connectivity index (χ0n) is 16.0. The largest absolute Gasteiger partial charge is 0.356 e. The van der Waals surface area contributed by atoms with Gasteiger partial charge < -0.3 is 5.32 Å². The number of hydrogen-bond acceptors (Lipinski definition) is 4. The summed E-state index contributed by atoms with van der Waals surface area (Å²) in [5, 5.41) is 3.48. The molecule has 27 heavy (non-hydrogen) atoms. The fourth-order valence-corrected chi connectivity index (χ4v) is 6.40. The Balaban J connectivity index is 1.31. The summed E-state index contributed by atoms with van der Waals surface area (Å²) in [6, 6.07) is 5.38. The molecule has 0 aliphatic heterocycles. The first-order valence-corrected chi connectivity index (χ1v) is 10.3. The van der Waals surface area contributed by atoms with Crippen molar-refractivity contribution < 1.29 is 0 Å². The molecule has 0 amide bonds. The maximum absolute atomic E-state index is 12.4. The molecule has 0 saturated heterocycles. The summed E-state index contributed by atoms with van der Waals surface area (Å²) in [5.41, 5.74) is 2.14. The molecule has 0 radical (unpaired) electrons. The number of nitrogens with one attached hydrogen (secondary N) is 1. The normalized spacial score (nSPS) is 31.2. The average molecular weight is 364 g/mol. The van der Waals surface area contributed by atoms with Gasteiger partial charge in [-0.2, -0.15) is 0 Å². The second kappa shape index (κ2) is 6.47. The van der Waals surface area contributed by atoms with Crippen LogP contribution in [0, 0.1) is 23.2 Å². The van der Waals surface area contributed by atoms with Gasteiger partial charge >= 0.3 is 0 Å². The summed E-state index contributed by atoms with van der Waals surface area (Å²) >= 11 is 0. The third-order valence-corrected chi connectivity index (χ3v) is 7.21. The number of aromatic nitrogens is 3. The summed E-state index contributed by atoms with van der Waals surface area (Å²) in [6.07, 6.45) is 13.4. The molecule has 0 spiro atoms. The first-order chi connectivity index (χ1) is 13.1. The van der Waals surface area contributed by atoms with Crippen molar-refractivity contribution in [3.8, 4) is 11.3 Å². The molecular weight excluding hydrogens is 336 g/mol. The lowest BCUT2D eigenvalue weighted by Gasteiger charge is -2.57. The second-order valence-corrected chi connectivity index (χ2v) is 9.19. The van der Waals surface area contributed by atoms with Crippen LogP contribution in [0.4, 0.5) is 5.95 Å². The van der Waals surface area contributed by atoms with Crippen LogP contribution in [0.15, 0.2) is 35.4 Å². The van der Waals surface area contributed by atoms with Gasteiger partial charge in [-0.05, 0) is 80.2 Å². The monoisotopic (exact) mass is 364 g/mol. The lowest BCUT2D eigenvalue weighted by atomic mass is 9.49. The van der Waals surface area contributed by atoms with Crippen LogP contribution in [0.5, 0.6) is 0 Å². The van der Waals surface area contributed by atoms with Gasteiger partial charge in [0.25, 0.3) is 5.56 Å². The van der Waals surface area contributed by atoms with E-state index >= 15 is 0 Å². The summed E-state index contributed by atoms with van der Waals surface area (Å²) < 4.78 is 1.62. The van der Waals surface area contributed by atoms with Crippen LogP contribution in [0.2, 0.25) is 0 Å². The molecule has 0 atom stereocenters. The molecule has 2 aromatic heterocycles. The second-order valence-electron chi connectivity index (χ2n) is 9.19. The number of rotatable bonds is 5. The van der Waals surface area contributed by atoms with Gasteiger partial charge in [0.15, 0.2) is 0 Å². The topological polar surface area (TPSA) is 59.8 Å². The van der Waals surface area contributed by atoms with Crippen molar-refractivity contribution in [2.24, 2.45) is 30.2 Å². The number of pyridine rings is 1. The number of nitrogens with zero attached hydrogens (tertiary/aromatic N) is 3. The van der Waals surface area contributed by atoms with E-state index in [1.165, 1.54) is 44.9 Å². The molecule has 4 saturated carbocycles. The van der Waals surface area contributed by atoms with Crippen LogP contribution in [-0.4, -0.2) is 21.1 Å². The Hall–Kier alpha value is -2.17. The molecule has 4 aliphatic carbocycles. The molecule has 0 unspecified atom stereocenters. The van der Waals surface area contributed by atoms with Crippen LogP contribution >= 0.6 is 0 Å². The molecule has 1 N–H and O–H groups in total. The molecule has 2 aromatic rings. The quantitative estimate of drug-likeness (QED) is 0.875. The highest BCUT2D eigenvalue weighted by molar-refractivity contribution is 5.59. The molecule has 4 bridgehead atoms. The van der Waals surface area contributed by atoms with Crippen molar-refractivity contribution in [1.29, 1.82) is 0 Å². The van der Waals surface area contributed by atoms with Crippen LogP contribution < -0.4 is 10.9 Å². The van der Waals surface area contributed by atoms with E-state index in [1.807, 2.05) is 12.1 Å². The van der Waals surface area contributed by atoms with Crippen molar-refractivity contribution in [3.63, 3.8) is 0 Å². The van der Waals surface area contributed by atoms with E-state index in [0.717, 1.165) is 29.9 Å².